The number of rotatable bonds is 1. The summed E-state index contributed by atoms with van der Waals surface area (Å²) in [7, 11) is 0. The maximum Gasteiger partial charge on any atom is 0.431 e. The molecule has 2 heterocycles. The lowest BCUT2D eigenvalue weighted by Gasteiger charge is -2.04. The SMILES string of the molecule is FC(F)(F)c1[nH]ccc1CBr.c1ccncc1. The van der Waals surface area contributed by atoms with Gasteiger partial charge in [-0.3, -0.25) is 4.98 Å². The van der Waals surface area contributed by atoms with E-state index in [1.165, 1.54) is 12.3 Å². The van der Waals surface area contributed by atoms with Crippen molar-refractivity contribution in [1.82, 2.24) is 9.97 Å². The Morgan fingerprint density at radius 2 is 1.82 bits per heavy atom. The molecule has 0 bridgehead atoms. The van der Waals surface area contributed by atoms with Gasteiger partial charge in [0.05, 0.1) is 0 Å². The summed E-state index contributed by atoms with van der Waals surface area (Å²) in [6.45, 7) is 0. The molecule has 0 aliphatic carbocycles. The van der Waals surface area contributed by atoms with Gasteiger partial charge in [0.1, 0.15) is 5.69 Å². The highest BCUT2D eigenvalue weighted by Crippen LogP contribution is 2.31. The van der Waals surface area contributed by atoms with Crippen LogP contribution in [0.15, 0.2) is 42.9 Å². The van der Waals surface area contributed by atoms with Crippen LogP contribution < -0.4 is 0 Å². The predicted octanol–water partition coefficient (Wildman–Crippen LogP) is 4.01. The third kappa shape index (κ3) is 4.60. The minimum atomic E-state index is -4.27. The molecule has 0 radical (unpaired) electrons. The Morgan fingerprint density at radius 1 is 1.18 bits per heavy atom. The molecule has 6 heteroatoms. The first-order chi connectivity index (χ1) is 8.05. The number of hydrogen-bond donors (Lipinski definition) is 1. The summed E-state index contributed by atoms with van der Waals surface area (Å²) in [5.74, 6) is 0. The van der Waals surface area contributed by atoms with Crippen molar-refractivity contribution in [3.05, 3.63) is 54.1 Å². The van der Waals surface area contributed by atoms with E-state index in [0.717, 1.165) is 0 Å². The van der Waals surface area contributed by atoms with Crippen LogP contribution in [0.1, 0.15) is 11.3 Å². The van der Waals surface area contributed by atoms with Gasteiger partial charge in [-0.2, -0.15) is 13.2 Å². The average molecular weight is 307 g/mol. The van der Waals surface area contributed by atoms with Crippen LogP contribution in [0.5, 0.6) is 0 Å². The van der Waals surface area contributed by atoms with Crippen LogP contribution in [0.4, 0.5) is 13.2 Å². The number of aromatic amines is 1. The Balaban J connectivity index is 0.000000202. The van der Waals surface area contributed by atoms with Crippen molar-refractivity contribution in [2.24, 2.45) is 0 Å². The van der Waals surface area contributed by atoms with Crippen molar-refractivity contribution < 1.29 is 13.2 Å². The Labute approximate surface area is 105 Å². The smallest absolute Gasteiger partial charge is 0.357 e. The number of halogens is 4. The standard InChI is InChI=1S/C6H5BrF3N.C5H5N/c7-3-4-1-2-11-5(4)6(8,9)10;1-2-4-6-5-3-1/h1-2,11H,3H2;1-5H. The molecule has 2 rings (SSSR count). The molecule has 2 nitrogen and oxygen atoms in total. The van der Waals surface area contributed by atoms with Crippen LogP contribution in [0.2, 0.25) is 0 Å². The topological polar surface area (TPSA) is 28.7 Å². The van der Waals surface area contributed by atoms with Gasteiger partial charge in [-0.05, 0) is 23.8 Å². The third-order valence-corrected chi connectivity index (χ3v) is 2.43. The van der Waals surface area contributed by atoms with Gasteiger partial charge in [-0.25, -0.2) is 0 Å². The molecule has 0 atom stereocenters. The van der Waals surface area contributed by atoms with Gasteiger partial charge in [0, 0.05) is 23.9 Å². The average Bonchev–Trinajstić information content (AvgIpc) is 2.80. The molecule has 0 fully saturated rings. The number of aromatic nitrogens is 2. The largest absolute Gasteiger partial charge is 0.431 e. The summed E-state index contributed by atoms with van der Waals surface area (Å²) in [5.41, 5.74) is -0.438. The second-order valence-electron chi connectivity index (χ2n) is 3.03. The highest BCUT2D eigenvalue weighted by atomic mass is 79.9. The molecule has 0 saturated carbocycles. The summed E-state index contributed by atoms with van der Waals surface area (Å²) < 4.78 is 36.0. The van der Waals surface area contributed by atoms with E-state index < -0.39 is 11.9 Å². The van der Waals surface area contributed by atoms with Crippen molar-refractivity contribution >= 4 is 15.9 Å². The normalized spacial score (nSPS) is 10.6. The van der Waals surface area contributed by atoms with Crippen molar-refractivity contribution in [1.29, 1.82) is 0 Å². The van der Waals surface area contributed by atoms with E-state index in [1.807, 2.05) is 18.2 Å². The highest BCUT2D eigenvalue weighted by Gasteiger charge is 2.34. The quantitative estimate of drug-likeness (QED) is 0.792. The van der Waals surface area contributed by atoms with Crippen LogP contribution in [0, 0.1) is 0 Å². The lowest BCUT2D eigenvalue weighted by molar-refractivity contribution is -0.141. The van der Waals surface area contributed by atoms with Gasteiger partial charge in [0.15, 0.2) is 0 Å². The predicted molar refractivity (Wildman–Crippen MR) is 62.7 cm³/mol. The molecule has 92 valence electrons. The van der Waals surface area contributed by atoms with E-state index in [2.05, 4.69) is 25.9 Å². The highest BCUT2D eigenvalue weighted by molar-refractivity contribution is 9.08. The third-order valence-electron chi connectivity index (χ3n) is 1.83. The van der Waals surface area contributed by atoms with E-state index in [1.54, 1.807) is 12.4 Å². The zero-order chi connectivity index (χ0) is 12.7. The molecule has 0 unspecified atom stereocenters. The maximum absolute atomic E-state index is 12.0. The Bertz CT molecular complexity index is 399. The first-order valence-electron chi connectivity index (χ1n) is 4.70. The molecule has 0 aromatic carbocycles. The lowest BCUT2D eigenvalue weighted by atomic mass is 10.3. The van der Waals surface area contributed by atoms with Crippen LogP contribution >= 0.6 is 15.9 Å². The van der Waals surface area contributed by atoms with Crippen molar-refractivity contribution in [3.8, 4) is 0 Å². The number of H-pyrrole nitrogens is 1. The first-order valence-corrected chi connectivity index (χ1v) is 5.82. The van der Waals surface area contributed by atoms with Gasteiger partial charge in [-0.15, -0.1) is 0 Å². The molecule has 0 aliphatic rings. The van der Waals surface area contributed by atoms with E-state index in [0.29, 0.717) is 0 Å². The fourth-order valence-electron chi connectivity index (χ4n) is 1.09. The lowest BCUT2D eigenvalue weighted by Crippen LogP contribution is -2.07. The number of alkyl halides is 4. The molecule has 1 N–H and O–H groups in total. The van der Waals surface area contributed by atoms with E-state index in [-0.39, 0.29) is 10.9 Å². The second kappa shape index (κ2) is 6.44. The van der Waals surface area contributed by atoms with E-state index >= 15 is 0 Å². The number of nitrogens with zero attached hydrogens (tertiary/aromatic N) is 1. The van der Waals surface area contributed by atoms with Gasteiger partial charge < -0.3 is 4.98 Å². The number of pyridine rings is 1. The molecule has 0 spiro atoms. The molecule has 0 aliphatic heterocycles. The van der Waals surface area contributed by atoms with Gasteiger partial charge >= 0.3 is 6.18 Å². The molecular weight excluding hydrogens is 297 g/mol. The summed E-state index contributed by atoms with van der Waals surface area (Å²) in [6, 6.07) is 7.12. The molecule has 0 saturated heterocycles. The molecule has 2 aromatic heterocycles. The summed E-state index contributed by atoms with van der Waals surface area (Å²) in [4.78, 5) is 5.93. The van der Waals surface area contributed by atoms with Crippen LogP contribution in [0.3, 0.4) is 0 Å². The Hall–Kier alpha value is -1.30. The van der Waals surface area contributed by atoms with Gasteiger partial charge in [-0.1, -0.05) is 22.0 Å². The van der Waals surface area contributed by atoms with Crippen molar-refractivity contribution in [3.63, 3.8) is 0 Å². The zero-order valence-corrected chi connectivity index (χ0v) is 10.3. The van der Waals surface area contributed by atoms with Gasteiger partial charge in [0.2, 0.25) is 0 Å². The van der Waals surface area contributed by atoms with E-state index in [4.69, 9.17) is 0 Å². The number of hydrogen-bond acceptors (Lipinski definition) is 1. The molecule has 2 aromatic rings. The van der Waals surface area contributed by atoms with Gasteiger partial charge in [0.25, 0.3) is 0 Å². The monoisotopic (exact) mass is 306 g/mol. The number of nitrogens with one attached hydrogen (secondary N) is 1. The minimum Gasteiger partial charge on any atom is -0.357 e. The van der Waals surface area contributed by atoms with Crippen LogP contribution in [-0.4, -0.2) is 9.97 Å². The zero-order valence-electron chi connectivity index (χ0n) is 8.71. The molecule has 17 heavy (non-hydrogen) atoms. The Kier molecular flexibility index (Phi) is 5.21. The fourth-order valence-corrected chi connectivity index (χ4v) is 1.56. The minimum absolute atomic E-state index is 0.214. The molecular formula is C11H10BrF3N2. The van der Waals surface area contributed by atoms with Crippen LogP contribution in [-0.2, 0) is 11.5 Å². The van der Waals surface area contributed by atoms with E-state index in [9.17, 15) is 13.2 Å². The Morgan fingerprint density at radius 3 is 2.12 bits per heavy atom. The summed E-state index contributed by atoms with van der Waals surface area (Å²) in [5, 5.41) is 0.214. The summed E-state index contributed by atoms with van der Waals surface area (Å²) in [6.07, 6.45) is 0.506. The summed E-state index contributed by atoms with van der Waals surface area (Å²) >= 11 is 2.96. The first kappa shape index (κ1) is 13.8. The fraction of sp³-hybridized carbons (Fsp3) is 0.182. The van der Waals surface area contributed by atoms with Crippen LogP contribution in [0.25, 0.3) is 0 Å². The molecule has 0 amide bonds. The second-order valence-corrected chi connectivity index (χ2v) is 3.59. The maximum atomic E-state index is 12.0. The van der Waals surface area contributed by atoms with Crippen molar-refractivity contribution in [2.45, 2.75) is 11.5 Å². The van der Waals surface area contributed by atoms with Crippen molar-refractivity contribution in [2.75, 3.05) is 0 Å².